The molecule has 0 atom stereocenters. The van der Waals surface area contributed by atoms with Crippen molar-refractivity contribution < 1.29 is 9.63 Å². The molecule has 0 radical (unpaired) electrons. The Hall–Kier alpha value is -2.10. The van der Waals surface area contributed by atoms with Crippen LogP contribution < -0.4 is 4.84 Å². The average molecular weight is 216 g/mol. The number of benzene rings is 1. The summed E-state index contributed by atoms with van der Waals surface area (Å²) in [6.45, 7) is 2.45. The average Bonchev–Trinajstić information content (AvgIpc) is 2.76. The van der Waals surface area contributed by atoms with E-state index in [-0.39, 0.29) is 5.82 Å². The highest BCUT2D eigenvalue weighted by Gasteiger charge is 2.01. The van der Waals surface area contributed by atoms with E-state index in [0.29, 0.717) is 12.9 Å². The summed E-state index contributed by atoms with van der Waals surface area (Å²) in [5, 5.41) is 0. The quantitative estimate of drug-likeness (QED) is 0.730. The minimum Gasteiger partial charge on any atom is -0.407 e. The van der Waals surface area contributed by atoms with Gasteiger partial charge >= 0.3 is 0 Å². The summed E-state index contributed by atoms with van der Waals surface area (Å²) >= 11 is 0. The molecule has 82 valence electrons. The lowest BCUT2D eigenvalue weighted by atomic mass is 10.2. The fourth-order valence-electron chi connectivity index (χ4n) is 1.32. The topological polar surface area (TPSA) is 44.1 Å². The number of hydrogen-bond acceptors (Lipinski definition) is 3. The number of rotatable bonds is 4. The van der Waals surface area contributed by atoms with Crippen molar-refractivity contribution in [3.8, 4) is 0 Å². The number of nitrogens with zero attached hydrogens (tertiary/aromatic N) is 2. The van der Waals surface area contributed by atoms with Crippen LogP contribution in [-0.2, 0) is 6.61 Å². The minimum absolute atomic E-state index is 0.270. The molecule has 1 aromatic carbocycles. The summed E-state index contributed by atoms with van der Waals surface area (Å²) in [5.74, 6) is 0.270. The summed E-state index contributed by atoms with van der Waals surface area (Å²) in [5.41, 5.74) is 2.26. The Morgan fingerprint density at radius 2 is 2.12 bits per heavy atom. The zero-order valence-corrected chi connectivity index (χ0v) is 8.96. The third-order valence-corrected chi connectivity index (χ3v) is 2.23. The van der Waals surface area contributed by atoms with Gasteiger partial charge in [0.15, 0.2) is 6.29 Å². The molecule has 2 aromatic rings. The maximum Gasteiger partial charge on any atom is 0.208 e. The van der Waals surface area contributed by atoms with E-state index < -0.39 is 0 Å². The smallest absolute Gasteiger partial charge is 0.208 e. The highest BCUT2D eigenvalue weighted by Crippen LogP contribution is 2.03. The second-order valence-corrected chi connectivity index (χ2v) is 3.49. The predicted octanol–water partition coefficient (Wildman–Crippen LogP) is 1.63. The van der Waals surface area contributed by atoms with E-state index in [2.05, 4.69) is 4.98 Å². The summed E-state index contributed by atoms with van der Waals surface area (Å²) < 4.78 is 1.37. The van der Waals surface area contributed by atoms with E-state index in [1.807, 2.05) is 31.2 Å². The number of aromatic nitrogens is 2. The lowest BCUT2D eigenvalue weighted by Crippen LogP contribution is -2.13. The molecule has 1 heterocycles. The molecule has 0 N–H and O–H groups in total. The van der Waals surface area contributed by atoms with Gasteiger partial charge in [0.1, 0.15) is 6.61 Å². The van der Waals surface area contributed by atoms with Crippen LogP contribution in [-0.4, -0.2) is 16.0 Å². The first-order valence-electron chi connectivity index (χ1n) is 4.97. The van der Waals surface area contributed by atoms with Crippen LogP contribution in [0.4, 0.5) is 0 Å². The highest BCUT2D eigenvalue weighted by atomic mass is 16.7. The Morgan fingerprint density at radius 3 is 2.81 bits per heavy atom. The Bertz CT molecular complexity index is 474. The van der Waals surface area contributed by atoms with E-state index in [9.17, 15) is 4.79 Å². The van der Waals surface area contributed by atoms with Crippen molar-refractivity contribution in [3.63, 3.8) is 0 Å². The second kappa shape index (κ2) is 4.61. The summed E-state index contributed by atoms with van der Waals surface area (Å²) in [6, 6.07) is 8.03. The van der Waals surface area contributed by atoms with Crippen LogP contribution in [0.2, 0.25) is 0 Å². The molecule has 0 aliphatic heterocycles. The van der Waals surface area contributed by atoms with Gasteiger partial charge in [-0.1, -0.05) is 29.8 Å². The van der Waals surface area contributed by atoms with Gasteiger partial charge in [0.2, 0.25) is 5.82 Å². The molecular weight excluding hydrogens is 204 g/mol. The zero-order chi connectivity index (χ0) is 11.4. The molecule has 0 spiro atoms. The molecule has 0 amide bonds. The first-order chi connectivity index (χ1) is 7.79. The number of imidazole rings is 1. The van der Waals surface area contributed by atoms with Crippen molar-refractivity contribution in [2.45, 2.75) is 13.5 Å². The van der Waals surface area contributed by atoms with E-state index >= 15 is 0 Å². The molecule has 0 bridgehead atoms. The van der Waals surface area contributed by atoms with Gasteiger partial charge in [-0.3, -0.25) is 4.79 Å². The monoisotopic (exact) mass is 216 g/mol. The molecule has 0 fully saturated rings. The van der Waals surface area contributed by atoms with E-state index in [1.54, 1.807) is 6.20 Å². The van der Waals surface area contributed by atoms with E-state index in [4.69, 9.17) is 4.84 Å². The number of aldehydes is 1. The van der Waals surface area contributed by atoms with Crippen molar-refractivity contribution in [2.24, 2.45) is 0 Å². The van der Waals surface area contributed by atoms with Crippen molar-refractivity contribution in [2.75, 3.05) is 0 Å². The van der Waals surface area contributed by atoms with Crippen LogP contribution in [0.5, 0.6) is 0 Å². The van der Waals surface area contributed by atoms with Gasteiger partial charge in [-0.25, -0.2) is 4.98 Å². The van der Waals surface area contributed by atoms with Crippen LogP contribution in [0.1, 0.15) is 21.7 Å². The molecule has 2 rings (SSSR count). The lowest BCUT2D eigenvalue weighted by Gasteiger charge is -2.07. The SMILES string of the molecule is Cc1ccc(COn2ccnc2C=O)cc1. The Morgan fingerprint density at radius 1 is 1.38 bits per heavy atom. The third-order valence-electron chi connectivity index (χ3n) is 2.23. The first kappa shape index (κ1) is 10.4. The van der Waals surface area contributed by atoms with Gasteiger partial charge < -0.3 is 4.84 Å². The molecule has 1 aromatic heterocycles. The predicted molar refractivity (Wildman–Crippen MR) is 59.1 cm³/mol. The fraction of sp³-hybridized carbons (Fsp3) is 0.167. The van der Waals surface area contributed by atoms with E-state index in [0.717, 1.165) is 5.56 Å². The summed E-state index contributed by atoms with van der Waals surface area (Å²) in [6.07, 6.45) is 3.80. The molecule has 16 heavy (non-hydrogen) atoms. The van der Waals surface area contributed by atoms with Gasteiger partial charge in [-0.2, -0.15) is 4.73 Å². The van der Waals surface area contributed by atoms with Crippen LogP contribution in [0, 0.1) is 6.92 Å². The summed E-state index contributed by atoms with van der Waals surface area (Å²) in [7, 11) is 0. The van der Waals surface area contributed by atoms with Crippen LogP contribution in [0.25, 0.3) is 0 Å². The zero-order valence-electron chi connectivity index (χ0n) is 8.96. The van der Waals surface area contributed by atoms with Gasteiger partial charge in [-0.05, 0) is 12.5 Å². The van der Waals surface area contributed by atoms with Crippen LogP contribution in [0.3, 0.4) is 0 Å². The lowest BCUT2D eigenvalue weighted by molar-refractivity contribution is 0.0844. The fourth-order valence-corrected chi connectivity index (χ4v) is 1.32. The number of hydrogen-bond donors (Lipinski definition) is 0. The van der Waals surface area contributed by atoms with Gasteiger partial charge in [0.25, 0.3) is 0 Å². The number of carbonyl (C=O) groups is 1. The molecule has 0 aliphatic carbocycles. The largest absolute Gasteiger partial charge is 0.407 e. The maximum absolute atomic E-state index is 10.6. The Balaban J connectivity index is 2.02. The Labute approximate surface area is 93.5 Å². The molecule has 4 heteroatoms. The Kier molecular flexibility index (Phi) is 3.00. The minimum atomic E-state index is 0.270. The standard InChI is InChI=1S/C12H12N2O2/c1-10-2-4-11(5-3-10)9-16-14-7-6-13-12(14)8-15/h2-8H,9H2,1H3. The number of aryl methyl sites for hydroxylation is 1. The molecule has 0 aliphatic rings. The van der Waals surface area contributed by atoms with Crippen molar-refractivity contribution >= 4 is 6.29 Å². The van der Waals surface area contributed by atoms with Crippen LogP contribution in [0.15, 0.2) is 36.7 Å². The van der Waals surface area contributed by atoms with Gasteiger partial charge in [0.05, 0.1) is 6.20 Å². The number of carbonyl (C=O) groups excluding carboxylic acids is 1. The van der Waals surface area contributed by atoms with Gasteiger partial charge in [0, 0.05) is 6.20 Å². The normalized spacial score (nSPS) is 10.1. The third kappa shape index (κ3) is 2.28. The summed E-state index contributed by atoms with van der Waals surface area (Å²) in [4.78, 5) is 19.8. The van der Waals surface area contributed by atoms with E-state index in [1.165, 1.54) is 16.5 Å². The first-order valence-corrected chi connectivity index (χ1v) is 4.97. The molecular formula is C12H12N2O2. The molecule has 0 saturated carbocycles. The molecule has 4 nitrogen and oxygen atoms in total. The maximum atomic E-state index is 10.6. The van der Waals surface area contributed by atoms with Gasteiger partial charge in [-0.15, -0.1) is 0 Å². The van der Waals surface area contributed by atoms with Crippen molar-refractivity contribution in [1.82, 2.24) is 9.71 Å². The molecule has 0 unspecified atom stereocenters. The highest BCUT2D eigenvalue weighted by molar-refractivity contribution is 5.68. The molecule has 0 saturated heterocycles. The second-order valence-electron chi connectivity index (χ2n) is 3.49. The van der Waals surface area contributed by atoms with Crippen molar-refractivity contribution in [1.29, 1.82) is 0 Å². The van der Waals surface area contributed by atoms with Crippen LogP contribution >= 0.6 is 0 Å². The van der Waals surface area contributed by atoms with Crippen molar-refractivity contribution in [3.05, 3.63) is 53.6 Å².